The number of aromatic hydroxyl groups is 19. The van der Waals surface area contributed by atoms with Crippen molar-refractivity contribution in [1.82, 2.24) is 0 Å². The monoisotopic (exact) mass is 1040 g/mol. The van der Waals surface area contributed by atoms with Crippen LogP contribution in [-0.2, 0) is 10.8 Å². The molecule has 1 fully saturated rings. The van der Waals surface area contributed by atoms with Crippen molar-refractivity contribution in [3.05, 3.63) is 164 Å². The third-order valence-electron chi connectivity index (χ3n) is 15.5. The number of ether oxygens (including phenoxy) is 1. The van der Waals surface area contributed by atoms with Gasteiger partial charge in [0.05, 0.1) is 6.61 Å². The molecule has 2 aliphatic heterocycles. The molecule has 8 aromatic carbocycles. The minimum Gasteiger partial charge on any atom is -0.504 e. The standard InChI is InChI=1S/C56H44O20/c57-32-5-1-20(11-35(32)60)40-24-15-26(45(66)51(72)43(24)64)41(21-2-6-33(58)36(61)12-21)28-17-30(49(70)53(74)47(28)68)55-9-10-76-39-8-4-23(14-38(39)63)56(55,19-55)31-18-29(48(69)54(75)50(31)71)42(22-3-7-34(59)37(62)13-22)27-16-25(40)44(65)52(73)46(27)67/h1-8,11-18,40-42,57-75H,9-10,19H2. The second-order valence-corrected chi connectivity index (χ2v) is 19.3. The number of hydrogen-bond acceptors (Lipinski definition) is 20. The summed E-state index contributed by atoms with van der Waals surface area (Å²) in [5.74, 6) is -23.6. The average Bonchev–Trinajstić information content (AvgIpc) is 4.27. The Labute approximate surface area is 427 Å². The lowest BCUT2D eigenvalue weighted by Crippen LogP contribution is -2.26. The summed E-state index contributed by atoms with van der Waals surface area (Å²) in [6.45, 7) is -0.279. The summed E-state index contributed by atoms with van der Waals surface area (Å²) in [5.41, 5.74) is -7.17. The highest BCUT2D eigenvalue weighted by atomic mass is 16.5. The molecule has 5 atom stereocenters. The summed E-state index contributed by atoms with van der Waals surface area (Å²) in [4.78, 5) is 0. The lowest BCUT2D eigenvalue weighted by Gasteiger charge is -2.31. The zero-order valence-corrected chi connectivity index (χ0v) is 39.0. The summed E-state index contributed by atoms with van der Waals surface area (Å²) in [6, 6.07) is 18.3. The molecule has 0 aromatic heterocycles. The van der Waals surface area contributed by atoms with Crippen molar-refractivity contribution in [2.45, 2.75) is 41.4 Å². The van der Waals surface area contributed by atoms with E-state index >= 15 is 0 Å². The fourth-order valence-corrected chi connectivity index (χ4v) is 11.8. The Kier molecular flexibility index (Phi) is 10.4. The van der Waals surface area contributed by atoms with Crippen molar-refractivity contribution in [3.8, 4) is 115 Å². The molecule has 8 aromatic rings. The maximum atomic E-state index is 12.3. The van der Waals surface area contributed by atoms with Gasteiger partial charge in [-0.1, -0.05) is 24.3 Å². The molecule has 12 rings (SSSR count). The second kappa shape index (κ2) is 16.4. The minimum absolute atomic E-state index is 0.00112. The molecule has 20 nitrogen and oxygen atoms in total. The van der Waals surface area contributed by atoms with E-state index in [-0.39, 0.29) is 58.6 Å². The maximum Gasteiger partial charge on any atom is 0.200 e. The van der Waals surface area contributed by atoms with Crippen LogP contribution in [0.15, 0.2) is 97.1 Å². The first-order valence-electron chi connectivity index (χ1n) is 23.2. The van der Waals surface area contributed by atoms with Crippen LogP contribution in [-0.4, -0.2) is 104 Å². The number of rotatable bonds is 3. The SMILES string of the molecule is Oc1ccc(C2c3cc(c(O)c(O)c3O)C(c3ccc(O)c(O)c3)c3cc(c(O)c(O)c3O)C34CCOc5ccc(cc5O)C3(C4)c3cc(c(O)c(O)c3O)C(c3ccc(O)c(O)c3)c3cc2c(O)c(O)c3O)cc1O. The third kappa shape index (κ3) is 6.55. The van der Waals surface area contributed by atoms with Crippen LogP contribution in [0.25, 0.3) is 0 Å². The van der Waals surface area contributed by atoms with Crippen LogP contribution in [0, 0.1) is 0 Å². The lowest BCUT2D eigenvalue weighted by atomic mass is 9.72. The van der Waals surface area contributed by atoms with Gasteiger partial charge >= 0.3 is 0 Å². The molecular formula is C56H44O20. The van der Waals surface area contributed by atoms with E-state index in [0.717, 1.165) is 48.5 Å². The van der Waals surface area contributed by atoms with Crippen LogP contribution < -0.4 is 4.74 Å². The van der Waals surface area contributed by atoms with E-state index in [1.807, 2.05) is 0 Å². The predicted octanol–water partition coefficient (Wildman–Crippen LogP) is 7.36. The van der Waals surface area contributed by atoms with Crippen molar-refractivity contribution in [1.29, 1.82) is 0 Å². The van der Waals surface area contributed by atoms with E-state index in [1.165, 1.54) is 48.5 Å². The molecule has 5 unspecified atom stereocenters. The van der Waals surface area contributed by atoms with E-state index in [1.54, 1.807) is 0 Å². The molecule has 388 valence electrons. The predicted molar refractivity (Wildman–Crippen MR) is 263 cm³/mol. The van der Waals surface area contributed by atoms with Gasteiger partial charge in [-0.25, -0.2) is 0 Å². The molecule has 0 spiro atoms. The Morgan fingerprint density at radius 3 is 1.05 bits per heavy atom. The zero-order valence-electron chi connectivity index (χ0n) is 39.0. The van der Waals surface area contributed by atoms with Gasteiger partial charge in [-0.3, -0.25) is 0 Å². The van der Waals surface area contributed by atoms with Crippen LogP contribution in [0.2, 0.25) is 0 Å². The van der Waals surface area contributed by atoms with Crippen LogP contribution in [0.1, 0.15) is 97.4 Å². The van der Waals surface area contributed by atoms with Gasteiger partial charge in [0, 0.05) is 73.1 Å². The zero-order chi connectivity index (χ0) is 54.3. The highest BCUT2D eigenvalue weighted by Gasteiger charge is 2.72. The van der Waals surface area contributed by atoms with Gasteiger partial charge in [-0.15, -0.1) is 0 Å². The largest absolute Gasteiger partial charge is 0.504 e. The molecule has 2 heterocycles. The average molecular weight is 1040 g/mol. The Morgan fingerprint density at radius 1 is 0.316 bits per heavy atom. The topological polar surface area (TPSA) is 394 Å². The van der Waals surface area contributed by atoms with Crippen LogP contribution in [0.4, 0.5) is 0 Å². The molecule has 4 aliphatic rings. The first kappa shape index (κ1) is 48.1. The van der Waals surface area contributed by atoms with Gasteiger partial charge < -0.3 is 102 Å². The molecule has 20 heteroatoms. The first-order chi connectivity index (χ1) is 36.0. The molecular weight excluding hydrogens is 993 g/mol. The molecule has 1 saturated carbocycles. The van der Waals surface area contributed by atoms with E-state index in [2.05, 4.69) is 0 Å². The fourth-order valence-electron chi connectivity index (χ4n) is 11.8. The quantitative estimate of drug-likeness (QED) is 0.0768. The number of phenols is 19. The summed E-state index contributed by atoms with van der Waals surface area (Å²) in [7, 11) is 0. The van der Waals surface area contributed by atoms with Gasteiger partial charge in [-0.2, -0.15) is 0 Å². The van der Waals surface area contributed by atoms with Crippen molar-refractivity contribution in [3.63, 3.8) is 0 Å². The second-order valence-electron chi connectivity index (χ2n) is 19.3. The van der Waals surface area contributed by atoms with Gasteiger partial charge in [0.25, 0.3) is 0 Å². The van der Waals surface area contributed by atoms with Crippen molar-refractivity contribution in [2.75, 3.05) is 6.61 Å². The number of hydrogen-bond donors (Lipinski definition) is 19. The molecule has 10 bridgehead atoms. The highest BCUT2D eigenvalue weighted by Crippen LogP contribution is 2.76. The first-order valence-corrected chi connectivity index (χ1v) is 23.2. The van der Waals surface area contributed by atoms with Crippen LogP contribution in [0.5, 0.6) is 115 Å². The Bertz CT molecular complexity index is 3830. The maximum absolute atomic E-state index is 12.3. The fraction of sp³-hybridized carbons (Fsp3) is 0.143. The molecule has 2 aliphatic carbocycles. The smallest absolute Gasteiger partial charge is 0.200 e. The molecule has 0 saturated heterocycles. The Morgan fingerprint density at radius 2 is 0.671 bits per heavy atom. The number of benzene rings is 8. The highest BCUT2D eigenvalue weighted by molar-refractivity contribution is 5.77. The molecule has 0 amide bonds. The van der Waals surface area contributed by atoms with Gasteiger partial charge in [-0.05, 0) is 108 Å². The van der Waals surface area contributed by atoms with E-state index in [4.69, 9.17) is 4.74 Å². The third-order valence-corrected chi connectivity index (χ3v) is 15.5. The van der Waals surface area contributed by atoms with Crippen molar-refractivity contribution < 1.29 is 102 Å². The summed E-state index contributed by atoms with van der Waals surface area (Å²) < 4.78 is 6.02. The Hall–Kier alpha value is -10.2. The van der Waals surface area contributed by atoms with Crippen LogP contribution >= 0.6 is 0 Å². The normalized spacial score (nSPS) is 20.2. The van der Waals surface area contributed by atoms with Crippen molar-refractivity contribution in [2.24, 2.45) is 0 Å². The number of phenolic OH excluding ortho intramolecular Hbond substituents is 19. The summed E-state index contributed by atoms with van der Waals surface area (Å²) in [6.07, 6.45) is -0.416. The summed E-state index contributed by atoms with van der Waals surface area (Å²) in [5, 5.41) is 221. The molecule has 19 N–H and O–H groups in total. The van der Waals surface area contributed by atoms with Crippen LogP contribution in [0.3, 0.4) is 0 Å². The van der Waals surface area contributed by atoms with E-state index in [9.17, 15) is 97.0 Å². The molecule has 76 heavy (non-hydrogen) atoms. The summed E-state index contributed by atoms with van der Waals surface area (Å²) >= 11 is 0. The minimum atomic E-state index is -1.84. The van der Waals surface area contributed by atoms with Gasteiger partial charge in [0.15, 0.2) is 92.0 Å². The van der Waals surface area contributed by atoms with Gasteiger partial charge in [0.2, 0.25) is 23.0 Å². The number of fused-ring (bicyclic) bond motifs is 12. The lowest BCUT2D eigenvalue weighted by molar-refractivity contribution is 0.274. The molecule has 0 radical (unpaired) electrons. The van der Waals surface area contributed by atoms with Gasteiger partial charge in [0.1, 0.15) is 0 Å². The van der Waals surface area contributed by atoms with Crippen molar-refractivity contribution >= 4 is 0 Å². The Balaban J connectivity index is 1.38. The van der Waals surface area contributed by atoms with E-state index < -0.39 is 171 Å². The van der Waals surface area contributed by atoms with E-state index in [0.29, 0.717) is 0 Å².